The van der Waals surface area contributed by atoms with Crippen LogP contribution in [0.1, 0.15) is 26.3 Å². The average Bonchev–Trinajstić information content (AvgIpc) is 2.69. The predicted molar refractivity (Wildman–Crippen MR) is 118 cm³/mol. The molecule has 0 saturated carbocycles. The molecular formula is C21H36N4O2S. The van der Waals surface area contributed by atoms with Crippen LogP contribution >= 0.6 is 0 Å². The molecule has 0 aliphatic carbocycles. The molecule has 158 valence electrons. The molecule has 2 atom stereocenters. The smallest absolute Gasteiger partial charge is 0.191 e. The van der Waals surface area contributed by atoms with Gasteiger partial charge >= 0.3 is 0 Å². The van der Waals surface area contributed by atoms with E-state index >= 15 is 0 Å². The fourth-order valence-corrected chi connectivity index (χ4v) is 4.34. The molecule has 1 aromatic carbocycles. The number of morpholine rings is 1. The molecule has 0 bridgehead atoms. The minimum atomic E-state index is -0.883. The number of rotatable bonds is 10. The standard InChI is InChI=1S/C21H36N4O2S/c1-4-22-21(23-10-15-28(26)17-19-8-6-5-7-9-19)24-16-20(18(2)3)25-11-13-27-14-12-25/h5-9,18,20H,4,10-17H2,1-3H3,(H2,22,23,24). The first-order valence-electron chi connectivity index (χ1n) is 10.3. The van der Waals surface area contributed by atoms with E-state index in [1.54, 1.807) is 0 Å². The van der Waals surface area contributed by atoms with Crippen molar-refractivity contribution < 1.29 is 8.95 Å². The third-order valence-electron chi connectivity index (χ3n) is 4.86. The zero-order valence-corrected chi connectivity index (χ0v) is 18.3. The Balaban J connectivity index is 1.82. The normalized spacial score (nSPS) is 18.1. The van der Waals surface area contributed by atoms with E-state index in [1.165, 1.54) is 0 Å². The summed E-state index contributed by atoms with van der Waals surface area (Å²) in [6, 6.07) is 10.4. The van der Waals surface area contributed by atoms with Gasteiger partial charge in [0.25, 0.3) is 0 Å². The highest BCUT2D eigenvalue weighted by Crippen LogP contribution is 2.13. The van der Waals surface area contributed by atoms with Crippen LogP contribution in [0.3, 0.4) is 0 Å². The van der Waals surface area contributed by atoms with E-state index in [-0.39, 0.29) is 0 Å². The summed E-state index contributed by atoms with van der Waals surface area (Å²) in [5.41, 5.74) is 1.12. The van der Waals surface area contributed by atoms with E-state index in [9.17, 15) is 4.21 Å². The SMILES string of the molecule is CCNC(=NCC(C(C)C)N1CCOCC1)NCCS(=O)Cc1ccccc1. The number of benzene rings is 1. The van der Waals surface area contributed by atoms with Crippen molar-refractivity contribution in [3.63, 3.8) is 0 Å². The van der Waals surface area contributed by atoms with E-state index < -0.39 is 10.8 Å². The van der Waals surface area contributed by atoms with E-state index in [4.69, 9.17) is 9.73 Å². The molecule has 1 saturated heterocycles. The third-order valence-corrected chi connectivity index (χ3v) is 6.17. The van der Waals surface area contributed by atoms with Crippen molar-refractivity contribution in [1.29, 1.82) is 0 Å². The van der Waals surface area contributed by atoms with E-state index in [0.717, 1.165) is 50.9 Å². The van der Waals surface area contributed by atoms with Crippen LogP contribution < -0.4 is 10.6 Å². The van der Waals surface area contributed by atoms with Crippen LogP contribution in [0.4, 0.5) is 0 Å². The molecule has 0 aromatic heterocycles. The molecule has 7 heteroatoms. The van der Waals surface area contributed by atoms with Gasteiger partial charge < -0.3 is 15.4 Å². The Hall–Kier alpha value is -1.44. The second-order valence-electron chi connectivity index (χ2n) is 7.38. The summed E-state index contributed by atoms with van der Waals surface area (Å²) in [7, 11) is -0.883. The highest BCUT2D eigenvalue weighted by atomic mass is 32.2. The fraction of sp³-hybridized carbons (Fsp3) is 0.667. The number of guanidine groups is 1. The van der Waals surface area contributed by atoms with Crippen molar-refractivity contribution >= 4 is 16.8 Å². The Labute approximate surface area is 172 Å². The quantitative estimate of drug-likeness (QED) is 0.457. The van der Waals surface area contributed by atoms with Crippen molar-refractivity contribution in [2.75, 3.05) is 51.7 Å². The number of nitrogens with one attached hydrogen (secondary N) is 2. The molecule has 2 rings (SSSR count). The lowest BCUT2D eigenvalue weighted by Crippen LogP contribution is -2.48. The topological polar surface area (TPSA) is 66.0 Å². The van der Waals surface area contributed by atoms with E-state index in [1.807, 2.05) is 30.3 Å². The predicted octanol–water partition coefficient (Wildman–Crippen LogP) is 1.85. The van der Waals surface area contributed by atoms with Crippen molar-refractivity contribution in [2.45, 2.75) is 32.6 Å². The van der Waals surface area contributed by atoms with E-state index in [0.29, 0.717) is 30.0 Å². The fourth-order valence-electron chi connectivity index (χ4n) is 3.30. The molecular weight excluding hydrogens is 372 g/mol. The lowest BCUT2D eigenvalue weighted by atomic mass is 10.0. The van der Waals surface area contributed by atoms with Gasteiger partial charge in [0.05, 0.1) is 19.8 Å². The van der Waals surface area contributed by atoms with Gasteiger partial charge in [-0.05, 0) is 18.4 Å². The first-order chi connectivity index (χ1) is 13.6. The molecule has 2 N–H and O–H groups in total. The maximum absolute atomic E-state index is 12.3. The zero-order valence-electron chi connectivity index (χ0n) is 17.5. The van der Waals surface area contributed by atoms with Gasteiger partial charge in [-0.2, -0.15) is 0 Å². The van der Waals surface area contributed by atoms with Gasteiger partial charge in [-0.25, -0.2) is 0 Å². The second-order valence-corrected chi connectivity index (χ2v) is 8.96. The van der Waals surface area contributed by atoms with Gasteiger partial charge in [-0.1, -0.05) is 44.2 Å². The van der Waals surface area contributed by atoms with Gasteiger partial charge in [-0.3, -0.25) is 14.1 Å². The second kappa shape index (κ2) is 12.9. The van der Waals surface area contributed by atoms with Crippen LogP contribution in [0.5, 0.6) is 0 Å². The highest BCUT2D eigenvalue weighted by Gasteiger charge is 2.23. The lowest BCUT2D eigenvalue weighted by Gasteiger charge is -2.36. The molecule has 0 spiro atoms. The molecule has 2 unspecified atom stereocenters. The van der Waals surface area contributed by atoms with Gasteiger partial charge in [0, 0.05) is 54.5 Å². The number of hydrogen-bond acceptors (Lipinski definition) is 4. The minimum absolute atomic E-state index is 0.409. The van der Waals surface area contributed by atoms with Gasteiger partial charge in [0.15, 0.2) is 5.96 Å². The molecule has 6 nitrogen and oxygen atoms in total. The van der Waals surface area contributed by atoms with Crippen LogP contribution in [-0.2, 0) is 21.3 Å². The average molecular weight is 409 g/mol. The Morgan fingerprint density at radius 3 is 2.57 bits per heavy atom. The lowest BCUT2D eigenvalue weighted by molar-refractivity contribution is 0.00867. The summed E-state index contributed by atoms with van der Waals surface area (Å²) < 4.78 is 17.8. The number of ether oxygens (including phenoxy) is 1. The summed E-state index contributed by atoms with van der Waals surface area (Å²) in [5, 5.41) is 6.64. The molecule has 1 fully saturated rings. The molecule has 0 amide bonds. The zero-order chi connectivity index (χ0) is 20.2. The minimum Gasteiger partial charge on any atom is -0.379 e. The monoisotopic (exact) mass is 408 g/mol. The van der Waals surface area contributed by atoms with Gasteiger partial charge in [0.1, 0.15) is 0 Å². The van der Waals surface area contributed by atoms with Gasteiger partial charge in [-0.15, -0.1) is 0 Å². The molecule has 1 aliphatic heterocycles. The molecule has 0 radical (unpaired) electrons. The number of nitrogens with zero attached hydrogens (tertiary/aromatic N) is 2. The molecule has 1 heterocycles. The van der Waals surface area contributed by atoms with Crippen LogP contribution in [-0.4, -0.2) is 72.8 Å². The Morgan fingerprint density at radius 2 is 1.93 bits per heavy atom. The molecule has 1 aromatic rings. The van der Waals surface area contributed by atoms with Crippen LogP contribution in [0.2, 0.25) is 0 Å². The van der Waals surface area contributed by atoms with Crippen LogP contribution in [0.15, 0.2) is 35.3 Å². The Kier molecular flexibility index (Phi) is 10.5. The van der Waals surface area contributed by atoms with Crippen LogP contribution in [0, 0.1) is 5.92 Å². The Morgan fingerprint density at radius 1 is 1.21 bits per heavy atom. The van der Waals surface area contributed by atoms with Crippen molar-refractivity contribution in [1.82, 2.24) is 15.5 Å². The van der Waals surface area contributed by atoms with Crippen molar-refractivity contribution in [2.24, 2.45) is 10.9 Å². The van der Waals surface area contributed by atoms with E-state index in [2.05, 4.69) is 36.3 Å². The number of hydrogen-bond donors (Lipinski definition) is 2. The Bertz CT molecular complexity index is 604. The first-order valence-corrected chi connectivity index (χ1v) is 11.8. The summed E-state index contributed by atoms with van der Waals surface area (Å²) in [6.07, 6.45) is 0. The maximum atomic E-state index is 12.3. The highest BCUT2D eigenvalue weighted by molar-refractivity contribution is 7.84. The third kappa shape index (κ3) is 8.29. The summed E-state index contributed by atoms with van der Waals surface area (Å²) in [4.78, 5) is 7.29. The summed E-state index contributed by atoms with van der Waals surface area (Å²) in [5.74, 6) is 2.54. The largest absolute Gasteiger partial charge is 0.379 e. The van der Waals surface area contributed by atoms with Crippen LogP contribution in [0.25, 0.3) is 0 Å². The first kappa shape index (κ1) is 22.8. The van der Waals surface area contributed by atoms with Gasteiger partial charge in [0.2, 0.25) is 0 Å². The summed E-state index contributed by atoms with van der Waals surface area (Å²) >= 11 is 0. The number of aliphatic imine (C=N–C) groups is 1. The molecule has 28 heavy (non-hydrogen) atoms. The summed E-state index contributed by atoms with van der Waals surface area (Å²) in [6.45, 7) is 12.3. The maximum Gasteiger partial charge on any atom is 0.191 e. The molecule has 1 aliphatic rings. The van der Waals surface area contributed by atoms with Crippen molar-refractivity contribution in [3.8, 4) is 0 Å². The van der Waals surface area contributed by atoms with Crippen molar-refractivity contribution in [3.05, 3.63) is 35.9 Å².